The molecule has 0 radical (unpaired) electrons. The summed E-state index contributed by atoms with van der Waals surface area (Å²) in [5.41, 5.74) is 0.853. The number of aryl methyl sites for hydroxylation is 1. The molecule has 116 valence electrons. The van der Waals surface area contributed by atoms with Crippen LogP contribution in [0.25, 0.3) is 0 Å². The minimum Gasteiger partial charge on any atom is -0.376 e. The van der Waals surface area contributed by atoms with Crippen LogP contribution in [-0.4, -0.2) is 42.0 Å². The second-order valence-corrected chi connectivity index (χ2v) is 4.84. The van der Waals surface area contributed by atoms with Crippen molar-refractivity contribution >= 4 is 23.3 Å². The number of rotatable bonds is 6. The highest BCUT2D eigenvalue weighted by Gasteiger charge is 2.14. The summed E-state index contributed by atoms with van der Waals surface area (Å²) in [4.78, 5) is 25.1. The van der Waals surface area contributed by atoms with Gasteiger partial charge in [0, 0.05) is 18.8 Å². The molecule has 0 saturated heterocycles. The second-order valence-electron chi connectivity index (χ2n) is 4.84. The summed E-state index contributed by atoms with van der Waals surface area (Å²) < 4.78 is 4.85. The van der Waals surface area contributed by atoms with Gasteiger partial charge < -0.3 is 20.1 Å². The molecule has 0 bridgehead atoms. The van der Waals surface area contributed by atoms with Gasteiger partial charge in [-0.3, -0.25) is 9.59 Å². The zero-order valence-electron chi connectivity index (χ0n) is 12.5. The topological polar surface area (TPSA) is 87.5 Å². The Balaban J connectivity index is 1.77. The lowest BCUT2D eigenvalue weighted by atomic mass is 10.3. The van der Waals surface area contributed by atoms with E-state index in [0.29, 0.717) is 11.6 Å². The number of aromatic nitrogens is 1. The van der Waals surface area contributed by atoms with Crippen molar-refractivity contribution in [1.29, 1.82) is 0 Å². The van der Waals surface area contributed by atoms with Crippen molar-refractivity contribution in [3.05, 3.63) is 42.2 Å². The first-order chi connectivity index (χ1) is 10.5. The molecule has 1 heterocycles. The van der Waals surface area contributed by atoms with Crippen molar-refractivity contribution < 1.29 is 14.1 Å². The molecule has 2 N–H and O–H groups in total. The number of nitrogens with one attached hydrogen (secondary N) is 2. The molecular weight excluding hydrogens is 284 g/mol. The van der Waals surface area contributed by atoms with E-state index < -0.39 is 0 Å². The average molecular weight is 302 g/mol. The Hall–Kier alpha value is -2.83. The maximum atomic E-state index is 12.0. The lowest BCUT2D eigenvalue weighted by Gasteiger charge is -2.17. The van der Waals surface area contributed by atoms with Gasteiger partial charge in [-0.1, -0.05) is 23.4 Å². The smallest absolute Gasteiger partial charge is 0.245 e. The van der Waals surface area contributed by atoms with Gasteiger partial charge in [0.25, 0.3) is 0 Å². The number of para-hydroxylation sites is 1. The normalized spacial score (nSPS) is 10.1. The highest BCUT2D eigenvalue weighted by Crippen LogP contribution is 2.07. The number of anilines is 2. The quantitative estimate of drug-likeness (QED) is 0.844. The Labute approximate surface area is 128 Å². The molecular formula is C15H18N4O3. The Kier molecular flexibility index (Phi) is 5.13. The van der Waals surface area contributed by atoms with Crippen LogP contribution >= 0.6 is 0 Å². The third-order valence-electron chi connectivity index (χ3n) is 2.92. The van der Waals surface area contributed by atoms with Crippen LogP contribution in [0.3, 0.4) is 0 Å². The van der Waals surface area contributed by atoms with Crippen molar-refractivity contribution in [2.75, 3.05) is 30.8 Å². The van der Waals surface area contributed by atoms with Crippen LogP contribution in [-0.2, 0) is 9.59 Å². The van der Waals surface area contributed by atoms with Gasteiger partial charge in [-0.25, -0.2) is 0 Å². The zero-order valence-corrected chi connectivity index (χ0v) is 12.5. The van der Waals surface area contributed by atoms with Crippen LogP contribution < -0.4 is 10.6 Å². The predicted octanol–water partition coefficient (Wildman–Crippen LogP) is 1.49. The highest BCUT2D eigenvalue weighted by atomic mass is 16.5. The van der Waals surface area contributed by atoms with E-state index in [0.717, 1.165) is 5.69 Å². The molecule has 7 heteroatoms. The summed E-state index contributed by atoms with van der Waals surface area (Å²) in [6.07, 6.45) is 0. The van der Waals surface area contributed by atoms with Crippen LogP contribution in [0, 0.1) is 6.92 Å². The lowest BCUT2D eigenvalue weighted by molar-refractivity contribution is -0.131. The molecule has 0 aliphatic carbocycles. The molecule has 0 aliphatic heterocycles. The fourth-order valence-corrected chi connectivity index (χ4v) is 1.78. The first kappa shape index (κ1) is 15.6. The van der Waals surface area contributed by atoms with Crippen molar-refractivity contribution in [3.63, 3.8) is 0 Å². The maximum absolute atomic E-state index is 12.0. The Morgan fingerprint density at radius 1 is 1.27 bits per heavy atom. The van der Waals surface area contributed by atoms with Gasteiger partial charge in [0.1, 0.15) is 5.76 Å². The van der Waals surface area contributed by atoms with Crippen molar-refractivity contribution in [2.45, 2.75) is 6.92 Å². The number of amides is 2. The highest BCUT2D eigenvalue weighted by molar-refractivity contribution is 5.94. The van der Waals surface area contributed by atoms with Crippen LogP contribution in [0.2, 0.25) is 0 Å². The summed E-state index contributed by atoms with van der Waals surface area (Å²) in [6.45, 7) is 1.80. The molecule has 22 heavy (non-hydrogen) atoms. The lowest BCUT2D eigenvalue weighted by Crippen LogP contribution is -2.38. The van der Waals surface area contributed by atoms with Crippen LogP contribution in [0.15, 0.2) is 40.9 Å². The van der Waals surface area contributed by atoms with E-state index in [-0.39, 0.29) is 24.9 Å². The maximum Gasteiger partial charge on any atom is 0.245 e. The number of likely N-dealkylation sites (N-methyl/N-ethyl adjacent to an activating group) is 1. The first-order valence-corrected chi connectivity index (χ1v) is 6.80. The fraction of sp³-hybridized carbons (Fsp3) is 0.267. The summed E-state index contributed by atoms with van der Waals surface area (Å²) in [7, 11) is 1.57. The zero-order chi connectivity index (χ0) is 15.9. The Bertz CT molecular complexity index is 639. The minimum absolute atomic E-state index is 0.0544. The average Bonchev–Trinajstić information content (AvgIpc) is 2.90. The number of hydrogen-bond donors (Lipinski definition) is 2. The molecule has 0 unspecified atom stereocenters. The van der Waals surface area contributed by atoms with E-state index in [1.165, 1.54) is 4.90 Å². The second kappa shape index (κ2) is 7.26. The molecule has 0 aliphatic rings. The third-order valence-corrected chi connectivity index (χ3v) is 2.92. The number of nitrogens with zero attached hydrogens (tertiary/aromatic N) is 2. The largest absolute Gasteiger partial charge is 0.376 e. The standard InChI is InChI=1S/C15H18N4O3/c1-11-8-13(18-22-11)17-14(20)10-19(2)15(21)9-16-12-6-4-3-5-7-12/h3-8,16H,9-10H2,1-2H3,(H,17,18,20). The number of hydrogen-bond acceptors (Lipinski definition) is 5. The molecule has 2 aromatic rings. The summed E-state index contributed by atoms with van der Waals surface area (Å²) in [5.74, 6) is 0.428. The van der Waals surface area contributed by atoms with Gasteiger partial charge in [-0.05, 0) is 19.1 Å². The van der Waals surface area contributed by atoms with Gasteiger partial charge in [-0.2, -0.15) is 0 Å². The summed E-state index contributed by atoms with van der Waals surface area (Å²) in [6, 6.07) is 11.0. The van der Waals surface area contributed by atoms with Crippen LogP contribution in [0.4, 0.5) is 11.5 Å². The minimum atomic E-state index is -0.330. The number of carbonyl (C=O) groups excluding carboxylic acids is 2. The Morgan fingerprint density at radius 2 is 2.00 bits per heavy atom. The van der Waals surface area contributed by atoms with E-state index in [1.807, 2.05) is 30.3 Å². The molecule has 0 saturated carbocycles. The Morgan fingerprint density at radius 3 is 2.64 bits per heavy atom. The van der Waals surface area contributed by atoms with E-state index in [2.05, 4.69) is 15.8 Å². The van der Waals surface area contributed by atoms with Crippen molar-refractivity contribution in [1.82, 2.24) is 10.1 Å². The first-order valence-electron chi connectivity index (χ1n) is 6.80. The van der Waals surface area contributed by atoms with Crippen LogP contribution in [0.1, 0.15) is 5.76 Å². The molecule has 0 atom stereocenters. The van der Waals surface area contributed by atoms with Gasteiger partial charge >= 0.3 is 0 Å². The fourth-order valence-electron chi connectivity index (χ4n) is 1.78. The monoisotopic (exact) mass is 302 g/mol. The van der Waals surface area contributed by atoms with Gasteiger partial charge in [0.15, 0.2) is 5.82 Å². The SMILES string of the molecule is Cc1cc(NC(=O)CN(C)C(=O)CNc2ccccc2)no1. The molecule has 0 fully saturated rings. The summed E-state index contributed by atoms with van der Waals surface area (Å²) >= 11 is 0. The van der Waals surface area contributed by atoms with Crippen molar-refractivity contribution in [3.8, 4) is 0 Å². The van der Waals surface area contributed by atoms with Crippen molar-refractivity contribution in [2.24, 2.45) is 0 Å². The van der Waals surface area contributed by atoms with Crippen LogP contribution in [0.5, 0.6) is 0 Å². The molecule has 1 aromatic carbocycles. The molecule has 0 spiro atoms. The number of benzene rings is 1. The number of carbonyl (C=O) groups is 2. The molecule has 2 amide bonds. The molecule has 2 rings (SSSR count). The van der Waals surface area contributed by atoms with Gasteiger partial charge in [0.2, 0.25) is 11.8 Å². The van der Waals surface area contributed by atoms with E-state index in [4.69, 9.17) is 4.52 Å². The predicted molar refractivity (Wildman–Crippen MR) is 82.4 cm³/mol. The summed E-state index contributed by atoms with van der Waals surface area (Å²) in [5, 5.41) is 9.23. The van der Waals surface area contributed by atoms with Gasteiger partial charge in [-0.15, -0.1) is 0 Å². The van der Waals surface area contributed by atoms with Gasteiger partial charge in [0.05, 0.1) is 13.1 Å². The molecule has 7 nitrogen and oxygen atoms in total. The van der Waals surface area contributed by atoms with E-state index in [1.54, 1.807) is 20.0 Å². The van der Waals surface area contributed by atoms with E-state index >= 15 is 0 Å². The molecule has 1 aromatic heterocycles. The third kappa shape index (κ3) is 4.62. The van der Waals surface area contributed by atoms with E-state index in [9.17, 15) is 9.59 Å².